The minimum atomic E-state index is -0.943. The number of rotatable bonds is 3. The summed E-state index contributed by atoms with van der Waals surface area (Å²) < 4.78 is 0. The second-order valence-corrected chi connectivity index (χ2v) is 3.83. The fourth-order valence-electron chi connectivity index (χ4n) is 0.785. The van der Waals surface area contributed by atoms with Crippen LogP contribution in [0, 0.1) is 0 Å². The average Bonchev–Trinajstić information content (AvgIpc) is 2.48. The monoisotopic (exact) mass is 197 g/mol. The Labute approximate surface area is 80.7 Å². The molecule has 1 aromatic heterocycles. The van der Waals surface area contributed by atoms with E-state index in [1.165, 1.54) is 17.4 Å². The van der Waals surface area contributed by atoms with Gasteiger partial charge in [0.25, 0.3) is 0 Å². The molecule has 1 N–H and O–H groups in total. The van der Waals surface area contributed by atoms with Crippen LogP contribution in [0.1, 0.15) is 30.5 Å². The number of hydrogen-bond donors (Lipinski definition) is 1. The zero-order valence-electron chi connectivity index (χ0n) is 7.52. The lowest BCUT2D eigenvalue weighted by atomic mass is 10.2. The highest BCUT2D eigenvalue weighted by atomic mass is 32.1. The first-order chi connectivity index (χ1) is 6.09. The lowest BCUT2D eigenvalue weighted by molar-refractivity contribution is -0.131. The maximum absolute atomic E-state index is 10.2. The third-order valence-corrected chi connectivity index (χ3v) is 2.33. The molecule has 4 heteroatoms. The van der Waals surface area contributed by atoms with Crippen LogP contribution in [0.15, 0.2) is 11.5 Å². The first kappa shape index (κ1) is 9.92. The Balaban J connectivity index is 2.75. The molecule has 0 aliphatic carbocycles. The fourth-order valence-corrected chi connectivity index (χ4v) is 1.66. The molecule has 0 spiro atoms. The second kappa shape index (κ2) is 4.18. The van der Waals surface area contributed by atoms with E-state index in [2.05, 4.69) is 18.8 Å². The molecule has 0 aliphatic heterocycles. The van der Waals surface area contributed by atoms with Gasteiger partial charge < -0.3 is 5.11 Å². The Hall–Kier alpha value is -1.16. The van der Waals surface area contributed by atoms with Gasteiger partial charge >= 0.3 is 5.97 Å². The van der Waals surface area contributed by atoms with Gasteiger partial charge in [-0.15, -0.1) is 11.3 Å². The third-order valence-electron chi connectivity index (χ3n) is 1.50. The van der Waals surface area contributed by atoms with Gasteiger partial charge in [-0.1, -0.05) is 13.8 Å². The quantitative estimate of drug-likeness (QED) is 0.757. The highest BCUT2D eigenvalue weighted by Crippen LogP contribution is 2.18. The van der Waals surface area contributed by atoms with E-state index in [1.807, 2.05) is 5.38 Å². The molecule has 0 radical (unpaired) electrons. The largest absolute Gasteiger partial charge is 0.478 e. The van der Waals surface area contributed by atoms with E-state index in [0.29, 0.717) is 5.92 Å². The molecule has 13 heavy (non-hydrogen) atoms. The third kappa shape index (κ3) is 2.99. The van der Waals surface area contributed by atoms with Crippen molar-refractivity contribution in [2.24, 2.45) is 0 Å². The number of aliphatic carboxylic acids is 1. The molecule has 0 amide bonds. The number of nitrogens with zero attached hydrogens (tertiary/aromatic N) is 1. The van der Waals surface area contributed by atoms with Crippen molar-refractivity contribution in [2.45, 2.75) is 19.8 Å². The van der Waals surface area contributed by atoms with E-state index in [1.54, 1.807) is 0 Å². The number of hydrogen-bond acceptors (Lipinski definition) is 3. The van der Waals surface area contributed by atoms with Crippen LogP contribution < -0.4 is 0 Å². The Morgan fingerprint density at radius 1 is 1.69 bits per heavy atom. The summed E-state index contributed by atoms with van der Waals surface area (Å²) in [5.41, 5.74) is 1.01. The van der Waals surface area contributed by atoms with Crippen molar-refractivity contribution < 1.29 is 9.90 Å². The summed E-state index contributed by atoms with van der Waals surface area (Å²) in [5.74, 6) is -0.551. The van der Waals surface area contributed by atoms with Gasteiger partial charge in [0, 0.05) is 11.5 Å². The van der Waals surface area contributed by atoms with E-state index in [0.717, 1.165) is 16.8 Å². The van der Waals surface area contributed by atoms with Crippen LogP contribution in [0.2, 0.25) is 0 Å². The fraction of sp³-hybridized carbons (Fsp3) is 0.333. The van der Waals surface area contributed by atoms with E-state index < -0.39 is 5.97 Å². The van der Waals surface area contributed by atoms with Crippen LogP contribution >= 0.6 is 11.3 Å². The molecule has 0 saturated carbocycles. The van der Waals surface area contributed by atoms with Crippen molar-refractivity contribution in [2.75, 3.05) is 0 Å². The Kier molecular flexibility index (Phi) is 3.19. The van der Waals surface area contributed by atoms with Crippen LogP contribution in [-0.2, 0) is 4.79 Å². The summed E-state index contributed by atoms with van der Waals surface area (Å²) in [6.45, 7) is 4.11. The summed E-state index contributed by atoms with van der Waals surface area (Å²) in [6, 6.07) is 0. The molecule has 0 aliphatic rings. The molecule has 1 aromatic rings. The number of carboxylic acids is 1. The lowest BCUT2D eigenvalue weighted by Gasteiger charge is -1.95. The maximum atomic E-state index is 10.2. The molecular weight excluding hydrogens is 186 g/mol. The number of carbonyl (C=O) groups is 1. The molecule has 0 atom stereocenters. The van der Waals surface area contributed by atoms with Gasteiger partial charge in [-0.2, -0.15) is 0 Å². The second-order valence-electron chi connectivity index (χ2n) is 2.94. The average molecular weight is 197 g/mol. The predicted octanol–water partition coefficient (Wildman–Crippen LogP) is 2.36. The van der Waals surface area contributed by atoms with Crippen LogP contribution in [0.25, 0.3) is 6.08 Å². The van der Waals surface area contributed by atoms with Gasteiger partial charge in [-0.25, -0.2) is 9.78 Å². The van der Waals surface area contributed by atoms with Gasteiger partial charge in [0.15, 0.2) is 0 Å². The Morgan fingerprint density at radius 3 is 2.85 bits per heavy atom. The normalized spacial score (nSPS) is 11.3. The highest BCUT2D eigenvalue weighted by Gasteiger charge is 2.03. The van der Waals surface area contributed by atoms with Gasteiger partial charge in [0.2, 0.25) is 0 Å². The van der Waals surface area contributed by atoms with E-state index >= 15 is 0 Å². The molecule has 3 nitrogen and oxygen atoms in total. The van der Waals surface area contributed by atoms with Gasteiger partial charge in [0.05, 0.1) is 5.69 Å². The topological polar surface area (TPSA) is 50.2 Å². The molecular formula is C9H11NO2S. The van der Waals surface area contributed by atoms with E-state index in [9.17, 15) is 4.79 Å². The summed E-state index contributed by atoms with van der Waals surface area (Å²) in [7, 11) is 0. The molecule has 70 valence electrons. The van der Waals surface area contributed by atoms with Crippen molar-refractivity contribution in [3.63, 3.8) is 0 Å². The van der Waals surface area contributed by atoms with Crippen LogP contribution in [0.5, 0.6) is 0 Å². The summed E-state index contributed by atoms with van der Waals surface area (Å²) in [4.78, 5) is 14.5. The summed E-state index contributed by atoms with van der Waals surface area (Å²) in [6.07, 6.45) is 2.61. The molecule has 1 rings (SSSR count). The SMILES string of the molecule is CC(C)c1csc(/C=C/C(=O)O)n1. The molecule has 0 unspecified atom stereocenters. The molecule has 0 saturated heterocycles. The van der Waals surface area contributed by atoms with Crippen LogP contribution in [-0.4, -0.2) is 16.1 Å². The minimum absolute atomic E-state index is 0.392. The minimum Gasteiger partial charge on any atom is -0.478 e. The number of thiazole rings is 1. The van der Waals surface area contributed by atoms with E-state index in [-0.39, 0.29) is 0 Å². The first-order valence-electron chi connectivity index (χ1n) is 3.96. The maximum Gasteiger partial charge on any atom is 0.328 e. The molecule has 0 bridgehead atoms. The first-order valence-corrected chi connectivity index (χ1v) is 4.84. The summed E-state index contributed by atoms with van der Waals surface area (Å²) >= 11 is 1.46. The van der Waals surface area contributed by atoms with Crippen LogP contribution in [0.4, 0.5) is 0 Å². The Bertz CT molecular complexity index is 328. The van der Waals surface area contributed by atoms with Gasteiger partial charge in [-0.05, 0) is 12.0 Å². The smallest absolute Gasteiger partial charge is 0.328 e. The van der Waals surface area contributed by atoms with Crippen molar-refractivity contribution in [3.05, 3.63) is 22.2 Å². The predicted molar refractivity (Wildman–Crippen MR) is 52.9 cm³/mol. The number of aromatic nitrogens is 1. The van der Waals surface area contributed by atoms with E-state index in [4.69, 9.17) is 5.11 Å². The van der Waals surface area contributed by atoms with Gasteiger partial charge in [0.1, 0.15) is 5.01 Å². The number of carboxylic acid groups (broad SMARTS) is 1. The van der Waals surface area contributed by atoms with Crippen LogP contribution in [0.3, 0.4) is 0 Å². The molecule has 0 aromatic carbocycles. The summed E-state index contributed by atoms with van der Waals surface area (Å²) in [5, 5.41) is 11.1. The van der Waals surface area contributed by atoms with Crippen molar-refractivity contribution in [1.82, 2.24) is 4.98 Å². The molecule has 0 fully saturated rings. The molecule has 1 heterocycles. The van der Waals surface area contributed by atoms with Crippen molar-refractivity contribution >= 4 is 23.4 Å². The lowest BCUT2D eigenvalue weighted by Crippen LogP contribution is -1.87. The van der Waals surface area contributed by atoms with Gasteiger partial charge in [-0.3, -0.25) is 0 Å². The highest BCUT2D eigenvalue weighted by molar-refractivity contribution is 7.10. The Morgan fingerprint density at radius 2 is 2.38 bits per heavy atom. The standard InChI is InChI=1S/C9H11NO2S/c1-6(2)7-5-13-8(10-7)3-4-9(11)12/h3-6H,1-2H3,(H,11,12)/b4-3+. The zero-order chi connectivity index (χ0) is 9.84. The zero-order valence-corrected chi connectivity index (χ0v) is 8.34. The van der Waals surface area contributed by atoms with Crippen molar-refractivity contribution in [1.29, 1.82) is 0 Å². The van der Waals surface area contributed by atoms with Crippen molar-refractivity contribution in [3.8, 4) is 0 Å².